The van der Waals surface area contributed by atoms with Crippen molar-refractivity contribution in [3.63, 3.8) is 0 Å². The van der Waals surface area contributed by atoms with Gasteiger partial charge in [0.25, 0.3) is 11.8 Å². The molecule has 0 aromatic heterocycles. The summed E-state index contributed by atoms with van der Waals surface area (Å²) in [5, 5.41) is 21.3. The molecule has 3 rings (SSSR count). The summed E-state index contributed by atoms with van der Waals surface area (Å²) in [6.45, 7) is 2.99. The fraction of sp³-hybridized carbons (Fsp3) is 0.438. The molecule has 2 amide bonds. The third-order valence-corrected chi connectivity index (χ3v) is 5.82. The lowest BCUT2D eigenvalue weighted by molar-refractivity contribution is -0.195. The second kappa shape index (κ2) is 5.92. The van der Waals surface area contributed by atoms with E-state index in [9.17, 15) is 24.6 Å². The Labute approximate surface area is 148 Å². The van der Waals surface area contributed by atoms with E-state index in [1.165, 1.54) is 0 Å². The number of β-lactam (4-membered cyclic amide) rings is 1. The molecular formula is C16H18N2O6S. The molecule has 8 nitrogen and oxygen atoms in total. The molecule has 0 spiro atoms. The maximum absolute atomic E-state index is 12.3. The molecule has 134 valence electrons. The SMILES string of the molecule is CC1(C)S[C@H]2N(C(=O)[C@]2(O)NC(=O)COc2ccccc2)[C@H]1C(=O)O. The molecule has 2 saturated heterocycles. The Morgan fingerprint density at radius 3 is 2.56 bits per heavy atom. The van der Waals surface area contributed by atoms with Gasteiger partial charge in [-0.2, -0.15) is 0 Å². The normalized spacial score (nSPS) is 29.6. The second-order valence-corrected chi connectivity index (χ2v) is 8.18. The number of carboxylic acid groups (broad SMARTS) is 1. The molecule has 2 aliphatic heterocycles. The zero-order valence-corrected chi connectivity index (χ0v) is 14.4. The number of nitrogens with one attached hydrogen (secondary N) is 1. The number of hydrogen-bond acceptors (Lipinski definition) is 6. The van der Waals surface area contributed by atoms with Gasteiger partial charge >= 0.3 is 5.97 Å². The number of hydrogen-bond donors (Lipinski definition) is 3. The first kappa shape index (κ1) is 17.6. The molecule has 1 aromatic rings. The largest absolute Gasteiger partial charge is 0.484 e. The monoisotopic (exact) mass is 366 g/mol. The molecule has 0 aliphatic carbocycles. The van der Waals surface area contributed by atoms with Gasteiger partial charge in [-0.05, 0) is 26.0 Å². The van der Waals surface area contributed by atoms with Crippen molar-refractivity contribution in [2.75, 3.05) is 6.61 Å². The van der Waals surface area contributed by atoms with Crippen LogP contribution in [0.3, 0.4) is 0 Å². The van der Waals surface area contributed by atoms with Crippen LogP contribution in [-0.4, -0.2) is 61.4 Å². The first-order chi connectivity index (χ1) is 11.7. The lowest BCUT2D eigenvalue weighted by Crippen LogP contribution is -2.79. The molecule has 0 saturated carbocycles. The van der Waals surface area contributed by atoms with E-state index in [4.69, 9.17) is 4.74 Å². The highest BCUT2D eigenvalue weighted by Crippen LogP contribution is 2.53. The average molecular weight is 366 g/mol. The van der Waals surface area contributed by atoms with Gasteiger partial charge in [0, 0.05) is 4.75 Å². The minimum absolute atomic E-state index is 0.372. The number of aliphatic carboxylic acids is 1. The molecule has 3 N–H and O–H groups in total. The summed E-state index contributed by atoms with van der Waals surface area (Å²) in [6.07, 6.45) is 0. The summed E-state index contributed by atoms with van der Waals surface area (Å²) < 4.78 is 4.49. The molecule has 1 aromatic carbocycles. The van der Waals surface area contributed by atoms with Gasteiger partial charge in [0.1, 0.15) is 17.2 Å². The predicted octanol–water partition coefficient (Wildman–Crippen LogP) is 0.0171. The van der Waals surface area contributed by atoms with Gasteiger partial charge in [-0.3, -0.25) is 9.59 Å². The van der Waals surface area contributed by atoms with Crippen LogP contribution in [0.1, 0.15) is 13.8 Å². The Bertz CT molecular complexity index is 725. The quantitative estimate of drug-likeness (QED) is 0.497. The van der Waals surface area contributed by atoms with Gasteiger partial charge in [-0.15, -0.1) is 11.8 Å². The number of carbonyl (C=O) groups excluding carboxylic acids is 2. The number of rotatable bonds is 5. The first-order valence-corrected chi connectivity index (χ1v) is 8.49. The van der Waals surface area contributed by atoms with Crippen molar-refractivity contribution in [3.05, 3.63) is 30.3 Å². The lowest BCUT2D eigenvalue weighted by Gasteiger charge is -2.49. The van der Waals surface area contributed by atoms with Crippen molar-refractivity contribution in [2.45, 2.75) is 35.7 Å². The van der Waals surface area contributed by atoms with Crippen molar-refractivity contribution in [3.8, 4) is 5.75 Å². The van der Waals surface area contributed by atoms with Crippen LogP contribution < -0.4 is 10.1 Å². The molecule has 0 bridgehead atoms. The number of carboxylic acids is 1. The van der Waals surface area contributed by atoms with Crippen LogP contribution in [0.15, 0.2) is 30.3 Å². The summed E-state index contributed by atoms with van der Waals surface area (Å²) in [6, 6.07) is 7.58. The highest BCUT2D eigenvalue weighted by atomic mass is 32.2. The molecule has 2 heterocycles. The van der Waals surface area contributed by atoms with Gasteiger partial charge in [-0.1, -0.05) is 18.2 Å². The zero-order chi connectivity index (χ0) is 18.4. The van der Waals surface area contributed by atoms with Gasteiger partial charge in [0.05, 0.1) is 0 Å². The Hall–Kier alpha value is -2.26. The number of carbonyl (C=O) groups is 3. The van der Waals surface area contributed by atoms with E-state index >= 15 is 0 Å². The fourth-order valence-electron chi connectivity index (χ4n) is 3.07. The average Bonchev–Trinajstić information content (AvgIpc) is 2.83. The topological polar surface area (TPSA) is 116 Å². The van der Waals surface area contributed by atoms with E-state index < -0.39 is 39.7 Å². The predicted molar refractivity (Wildman–Crippen MR) is 88.8 cm³/mol. The number of amides is 2. The number of aliphatic hydroxyl groups is 1. The standard InChI is InChI=1S/C16H18N2O6S/c1-15(2)11(12(20)21)18-13(22)16(23,14(18)25-15)17-10(19)8-24-9-6-4-3-5-7-9/h3-7,11,14,23H,8H2,1-2H3,(H,17,19)(H,20,21)/t11-,14+,16+/m0/s1. The Morgan fingerprint density at radius 1 is 1.32 bits per heavy atom. The van der Waals surface area contributed by atoms with Crippen LogP contribution in [0.25, 0.3) is 0 Å². The van der Waals surface area contributed by atoms with Crippen LogP contribution in [0.5, 0.6) is 5.75 Å². The molecule has 2 aliphatic rings. The fourth-order valence-corrected chi connectivity index (χ4v) is 4.65. The summed E-state index contributed by atoms with van der Waals surface area (Å²) in [5.74, 6) is -2.16. The lowest BCUT2D eigenvalue weighted by atomic mass is 9.93. The Morgan fingerprint density at radius 2 is 1.96 bits per heavy atom. The summed E-state index contributed by atoms with van der Waals surface area (Å²) in [5.41, 5.74) is -2.12. The Balaban J connectivity index is 1.66. The number of para-hydroxylation sites is 1. The third-order valence-electron chi connectivity index (χ3n) is 4.20. The summed E-state index contributed by atoms with van der Waals surface area (Å²) in [4.78, 5) is 36.9. The van der Waals surface area contributed by atoms with Crippen molar-refractivity contribution < 1.29 is 29.3 Å². The van der Waals surface area contributed by atoms with E-state index in [1.54, 1.807) is 44.2 Å². The van der Waals surface area contributed by atoms with Gasteiger partial charge in [0.15, 0.2) is 6.61 Å². The molecule has 0 radical (unpaired) electrons. The molecule has 3 atom stereocenters. The van der Waals surface area contributed by atoms with E-state index in [-0.39, 0.29) is 6.61 Å². The van der Waals surface area contributed by atoms with Crippen molar-refractivity contribution in [1.82, 2.24) is 10.2 Å². The Kier molecular flexibility index (Phi) is 4.16. The third kappa shape index (κ3) is 2.83. The smallest absolute Gasteiger partial charge is 0.327 e. The first-order valence-electron chi connectivity index (χ1n) is 7.61. The van der Waals surface area contributed by atoms with Crippen molar-refractivity contribution in [2.24, 2.45) is 0 Å². The highest BCUT2D eigenvalue weighted by Gasteiger charge is 2.72. The van der Waals surface area contributed by atoms with E-state index in [2.05, 4.69) is 5.32 Å². The number of thioether (sulfide) groups is 1. The zero-order valence-electron chi connectivity index (χ0n) is 13.6. The van der Waals surface area contributed by atoms with Gasteiger partial charge in [-0.25, -0.2) is 4.79 Å². The van der Waals surface area contributed by atoms with E-state index in [1.807, 2.05) is 0 Å². The second-order valence-electron chi connectivity index (χ2n) is 6.44. The molecular weight excluding hydrogens is 348 g/mol. The summed E-state index contributed by atoms with van der Waals surface area (Å²) >= 11 is 1.14. The maximum atomic E-state index is 12.3. The number of nitrogens with zero attached hydrogens (tertiary/aromatic N) is 1. The van der Waals surface area contributed by atoms with Gasteiger partial charge < -0.3 is 25.2 Å². The molecule has 2 fully saturated rings. The number of benzene rings is 1. The van der Waals surface area contributed by atoms with Crippen LogP contribution in [0.4, 0.5) is 0 Å². The van der Waals surface area contributed by atoms with Crippen molar-refractivity contribution in [1.29, 1.82) is 0 Å². The maximum Gasteiger partial charge on any atom is 0.327 e. The van der Waals surface area contributed by atoms with Crippen molar-refractivity contribution >= 4 is 29.5 Å². The van der Waals surface area contributed by atoms with E-state index in [0.29, 0.717) is 5.75 Å². The van der Waals surface area contributed by atoms with Crippen LogP contribution in [-0.2, 0) is 14.4 Å². The highest BCUT2D eigenvalue weighted by molar-refractivity contribution is 8.01. The van der Waals surface area contributed by atoms with Crippen LogP contribution in [0, 0.1) is 0 Å². The number of ether oxygens (including phenoxy) is 1. The summed E-state index contributed by atoms with van der Waals surface area (Å²) in [7, 11) is 0. The van der Waals surface area contributed by atoms with Crippen LogP contribution >= 0.6 is 11.8 Å². The van der Waals surface area contributed by atoms with E-state index in [0.717, 1.165) is 16.7 Å². The minimum atomic E-state index is -2.12. The molecule has 9 heteroatoms. The minimum Gasteiger partial charge on any atom is -0.484 e. The van der Waals surface area contributed by atoms with Gasteiger partial charge in [0.2, 0.25) is 5.72 Å². The molecule has 0 unspecified atom stereocenters. The molecule has 25 heavy (non-hydrogen) atoms. The van der Waals surface area contributed by atoms with Crippen LogP contribution in [0.2, 0.25) is 0 Å². The number of fused-ring (bicyclic) bond motifs is 1.